The summed E-state index contributed by atoms with van der Waals surface area (Å²) in [6, 6.07) is 15.5. The first kappa shape index (κ1) is 22.8. The number of nitrogens with one attached hydrogen (secondary N) is 3. The van der Waals surface area contributed by atoms with Crippen LogP contribution in [0.3, 0.4) is 0 Å². The van der Waals surface area contributed by atoms with E-state index in [4.69, 9.17) is 0 Å². The summed E-state index contributed by atoms with van der Waals surface area (Å²) in [6.45, 7) is 3.13. The van der Waals surface area contributed by atoms with Gasteiger partial charge in [-0.05, 0) is 23.3 Å². The monoisotopic (exact) mass is 420 g/mol. The van der Waals surface area contributed by atoms with Gasteiger partial charge in [0.1, 0.15) is 5.82 Å². The summed E-state index contributed by atoms with van der Waals surface area (Å²) in [7, 11) is 0. The molecule has 8 heteroatoms. The van der Waals surface area contributed by atoms with Crippen molar-refractivity contribution in [1.29, 1.82) is 0 Å². The minimum Gasteiger partial charge on any atom is -0.334 e. The number of carbonyl (C=O) groups excluding carboxylic acids is 2. The molecule has 156 valence electrons. The molecule has 0 radical (unpaired) electrons. The number of halogens is 2. The molecule has 0 spiro atoms. The standard InChI is InChI=1S/C21H25FN4O2.ClH/c22-18-8-4-7-17(13-18)19-15-23-10-12-26(19)11-9-20(27)25-21(28)24-14-16-5-2-1-3-6-16;/h1-8,13,19,23H,9-12,14-15H2,(H2,24,25,27,28);1H. The SMILES string of the molecule is Cl.O=C(CCN1CCNCC1c1cccc(F)c1)NC(=O)NCc1ccccc1. The maximum atomic E-state index is 13.6. The van der Waals surface area contributed by atoms with Crippen LogP contribution < -0.4 is 16.0 Å². The summed E-state index contributed by atoms with van der Waals surface area (Å²) in [6.07, 6.45) is 0.199. The van der Waals surface area contributed by atoms with Crippen LogP contribution in [0.1, 0.15) is 23.6 Å². The number of rotatable bonds is 6. The average molecular weight is 421 g/mol. The number of urea groups is 1. The van der Waals surface area contributed by atoms with Gasteiger partial charge in [0.15, 0.2) is 0 Å². The Kier molecular flexibility index (Phi) is 9.05. The molecule has 0 aromatic heterocycles. The second kappa shape index (κ2) is 11.5. The van der Waals surface area contributed by atoms with Gasteiger partial charge in [-0.1, -0.05) is 42.5 Å². The Labute approximate surface area is 176 Å². The average Bonchev–Trinajstić information content (AvgIpc) is 2.72. The Hall–Kier alpha value is -2.48. The van der Waals surface area contributed by atoms with Gasteiger partial charge in [0.05, 0.1) is 0 Å². The van der Waals surface area contributed by atoms with Crippen LogP contribution in [0.2, 0.25) is 0 Å². The summed E-state index contributed by atoms with van der Waals surface area (Å²) in [5.74, 6) is -0.599. The topological polar surface area (TPSA) is 73.5 Å². The lowest BCUT2D eigenvalue weighted by Gasteiger charge is -2.36. The van der Waals surface area contributed by atoms with Crippen molar-refractivity contribution < 1.29 is 14.0 Å². The molecule has 1 saturated heterocycles. The van der Waals surface area contributed by atoms with Crippen LogP contribution >= 0.6 is 12.4 Å². The van der Waals surface area contributed by atoms with E-state index in [0.29, 0.717) is 19.6 Å². The third kappa shape index (κ3) is 7.12. The Morgan fingerprint density at radius 3 is 2.69 bits per heavy atom. The molecule has 1 fully saturated rings. The molecule has 0 aliphatic carbocycles. The van der Waals surface area contributed by atoms with Gasteiger partial charge in [-0.3, -0.25) is 15.0 Å². The van der Waals surface area contributed by atoms with Crippen molar-refractivity contribution >= 4 is 24.3 Å². The number of hydrogen-bond acceptors (Lipinski definition) is 4. The van der Waals surface area contributed by atoms with E-state index >= 15 is 0 Å². The van der Waals surface area contributed by atoms with E-state index in [1.807, 2.05) is 36.4 Å². The first-order chi connectivity index (χ1) is 13.6. The zero-order valence-electron chi connectivity index (χ0n) is 16.1. The first-order valence-corrected chi connectivity index (χ1v) is 9.43. The van der Waals surface area contributed by atoms with E-state index in [0.717, 1.165) is 24.2 Å². The van der Waals surface area contributed by atoms with Crippen molar-refractivity contribution in [3.05, 3.63) is 71.5 Å². The molecule has 1 unspecified atom stereocenters. The minimum absolute atomic E-state index is 0. The first-order valence-electron chi connectivity index (χ1n) is 9.43. The predicted molar refractivity (Wildman–Crippen MR) is 112 cm³/mol. The van der Waals surface area contributed by atoms with Crippen LogP contribution in [0.5, 0.6) is 0 Å². The smallest absolute Gasteiger partial charge is 0.321 e. The van der Waals surface area contributed by atoms with Crippen molar-refractivity contribution in [2.45, 2.75) is 19.0 Å². The molecule has 1 aliphatic rings. The van der Waals surface area contributed by atoms with Gasteiger partial charge in [-0.2, -0.15) is 0 Å². The molecule has 2 aromatic rings. The fourth-order valence-corrected chi connectivity index (χ4v) is 3.31. The van der Waals surface area contributed by atoms with Crippen molar-refractivity contribution in [3.63, 3.8) is 0 Å². The number of carbonyl (C=O) groups is 2. The number of amides is 3. The summed E-state index contributed by atoms with van der Waals surface area (Å²) < 4.78 is 13.6. The van der Waals surface area contributed by atoms with E-state index in [-0.39, 0.29) is 36.6 Å². The number of piperazine rings is 1. The van der Waals surface area contributed by atoms with Crippen molar-refractivity contribution in [1.82, 2.24) is 20.9 Å². The van der Waals surface area contributed by atoms with Gasteiger partial charge in [-0.25, -0.2) is 9.18 Å². The quantitative estimate of drug-likeness (QED) is 0.671. The molecule has 6 nitrogen and oxygen atoms in total. The van der Waals surface area contributed by atoms with Crippen LogP contribution in [-0.2, 0) is 11.3 Å². The second-order valence-corrected chi connectivity index (χ2v) is 6.78. The summed E-state index contributed by atoms with van der Waals surface area (Å²) in [5.41, 5.74) is 1.84. The number of hydrogen-bond donors (Lipinski definition) is 3. The molecule has 1 atom stereocenters. The van der Waals surface area contributed by atoms with Gasteiger partial charge < -0.3 is 10.6 Å². The van der Waals surface area contributed by atoms with Crippen LogP contribution in [0.25, 0.3) is 0 Å². The number of imide groups is 1. The molecular formula is C21H26ClFN4O2. The maximum absolute atomic E-state index is 13.6. The maximum Gasteiger partial charge on any atom is 0.321 e. The molecule has 1 heterocycles. The van der Waals surface area contributed by atoms with Crippen LogP contribution in [0, 0.1) is 5.82 Å². The fraction of sp³-hybridized carbons (Fsp3) is 0.333. The highest BCUT2D eigenvalue weighted by molar-refractivity contribution is 5.94. The number of benzene rings is 2. The van der Waals surface area contributed by atoms with Crippen LogP contribution in [0.15, 0.2) is 54.6 Å². The lowest BCUT2D eigenvalue weighted by atomic mass is 10.0. The Balaban J connectivity index is 0.00000300. The third-order valence-electron chi connectivity index (χ3n) is 4.76. The highest BCUT2D eigenvalue weighted by atomic mass is 35.5. The van der Waals surface area contributed by atoms with E-state index in [1.165, 1.54) is 12.1 Å². The third-order valence-corrected chi connectivity index (χ3v) is 4.76. The van der Waals surface area contributed by atoms with E-state index in [1.54, 1.807) is 6.07 Å². The van der Waals surface area contributed by atoms with Crippen molar-refractivity contribution in [2.24, 2.45) is 0 Å². The van der Waals surface area contributed by atoms with Gasteiger partial charge in [0.25, 0.3) is 0 Å². The largest absolute Gasteiger partial charge is 0.334 e. The van der Waals surface area contributed by atoms with Gasteiger partial charge in [0.2, 0.25) is 5.91 Å². The highest BCUT2D eigenvalue weighted by Crippen LogP contribution is 2.22. The summed E-state index contributed by atoms with van der Waals surface area (Å²) >= 11 is 0. The van der Waals surface area contributed by atoms with Gasteiger partial charge in [-0.15, -0.1) is 12.4 Å². The van der Waals surface area contributed by atoms with E-state index in [9.17, 15) is 14.0 Å². The summed E-state index contributed by atoms with van der Waals surface area (Å²) in [4.78, 5) is 26.2. The summed E-state index contributed by atoms with van der Waals surface area (Å²) in [5, 5.41) is 8.34. The molecule has 0 bridgehead atoms. The molecular weight excluding hydrogens is 395 g/mol. The Morgan fingerprint density at radius 2 is 1.93 bits per heavy atom. The Morgan fingerprint density at radius 1 is 1.14 bits per heavy atom. The molecule has 3 N–H and O–H groups in total. The highest BCUT2D eigenvalue weighted by Gasteiger charge is 2.24. The predicted octanol–water partition coefficient (Wildman–Crippen LogP) is 2.61. The molecule has 3 rings (SSSR count). The molecule has 29 heavy (non-hydrogen) atoms. The molecule has 0 saturated carbocycles. The minimum atomic E-state index is -0.504. The zero-order valence-corrected chi connectivity index (χ0v) is 16.9. The lowest BCUT2D eigenvalue weighted by molar-refractivity contribution is -0.120. The molecule has 3 amide bonds. The second-order valence-electron chi connectivity index (χ2n) is 6.78. The lowest BCUT2D eigenvalue weighted by Crippen LogP contribution is -2.47. The van der Waals surface area contributed by atoms with Crippen molar-refractivity contribution in [2.75, 3.05) is 26.2 Å². The van der Waals surface area contributed by atoms with Crippen molar-refractivity contribution in [3.8, 4) is 0 Å². The molecule has 1 aliphatic heterocycles. The van der Waals surface area contributed by atoms with Gasteiger partial charge in [0, 0.05) is 45.2 Å². The molecule has 2 aromatic carbocycles. The van der Waals surface area contributed by atoms with Crippen LogP contribution in [0.4, 0.5) is 9.18 Å². The van der Waals surface area contributed by atoms with Gasteiger partial charge >= 0.3 is 6.03 Å². The normalized spacial score (nSPS) is 16.5. The Bertz CT molecular complexity index is 806. The van der Waals surface area contributed by atoms with E-state index in [2.05, 4.69) is 20.9 Å². The van der Waals surface area contributed by atoms with Crippen LogP contribution in [-0.4, -0.2) is 43.0 Å². The number of nitrogens with zero attached hydrogens (tertiary/aromatic N) is 1. The zero-order chi connectivity index (χ0) is 19.8. The fourth-order valence-electron chi connectivity index (χ4n) is 3.31. The van der Waals surface area contributed by atoms with E-state index < -0.39 is 6.03 Å².